The predicted molar refractivity (Wildman–Crippen MR) is 60.8 cm³/mol. The van der Waals surface area contributed by atoms with E-state index in [-0.39, 0.29) is 0 Å². The molecule has 1 aliphatic heterocycles. The number of aliphatic hydroxyl groups is 2. The number of aromatic nitrogens is 2. The van der Waals surface area contributed by atoms with Crippen LogP contribution in [0.15, 0.2) is 21.9 Å². The highest BCUT2D eigenvalue weighted by molar-refractivity contribution is 7.43. The molecule has 4 atom stereocenters. The lowest BCUT2D eigenvalue weighted by Crippen LogP contribution is -2.40. The smallest absolute Gasteiger partial charge is 0.330 e. The maximum absolute atomic E-state index is 11.6. The second-order valence-corrected chi connectivity index (χ2v) is 5.38. The van der Waals surface area contributed by atoms with E-state index in [9.17, 15) is 29.0 Å². The number of ether oxygens (including phenoxy) is 1. The Labute approximate surface area is 116 Å². The van der Waals surface area contributed by atoms with Crippen LogP contribution in [0.3, 0.4) is 0 Å². The molecule has 1 fully saturated rings. The minimum Gasteiger partial charge on any atom is -0.790 e. The molecule has 1 aromatic rings. The molecule has 3 N–H and O–H groups in total. The number of aliphatic hydroxyl groups excluding tert-OH is 2. The zero-order valence-corrected chi connectivity index (χ0v) is 11.2. The Balaban J connectivity index is 2.33. The number of aromatic amines is 1. The van der Waals surface area contributed by atoms with Gasteiger partial charge in [0.2, 0.25) is 0 Å². The molecule has 0 unspecified atom stereocenters. The van der Waals surface area contributed by atoms with Crippen molar-refractivity contribution in [3.8, 4) is 0 Å². The number of hydrogen-bond donors (Lipinski definition) is 3. The molecule has 1 aliphatic rings. The molecule has 0 saturated carbocycles. The topological polar surface area (TPSA) is 177 Å². The van der Waals surface area contributed by atoms with Crippen LogP contribution >= 0.6 is 7.82 Å². The average Bonchev–Trinajstić information content (AvgIpc) is 2.65. The van der Waals surface area contributed by atoms with Crippen molar-refractivity contribution in [2.75, 3.05) is 6.61 Å². The second kappa shape index (κ2) is 5.81. The molecular weight excluding hydrogens is 311 g/mol. The summed E-state index contributed by atoms with van der Waals surface area (Å²) in [5.41, 5.74) is -1.60. The van der Waals surface area contributed by atoms with Crippen molar-refractivity contribution in [2.24, 2.45) is 0 Å². The Morgan fingerprint density at radius 1 is 1.48 bits per heavy atom. The molecule has 0 radical (unpaired) electrons. The molecule has 0 aliphatic carbocycles. The Kier molecular flexibility index (Phi) is 4.44. The van der Waals surface area contributed by atoms with Gasteiger partial charge >= 0.3 is 5.69 Å². The molecule has 11 nitrogen and oxygen atoms in total. The summed E-state index contributed by atoms with van der Waals surface area (Å²) >= 11 is 0. The van der Waals surface area contributed by atoms with Gasteiger partial charge in [-0.1, -0.05) is 0 Å². The van der Waals surface area contributed by atoms with Gasteiger partial charge in [-0.3, -0.25) is 14.3 Å². The van der Waals surface area contributed by atoms with Crippen molar-refractivity contribution in [1.82, 2.24) is 9.55 Å². The lowest BCUT2D eigenvalue weighted by Gasteiger charge is -2.34. The molecule has 118 valence electrons. The van der Waals surface area contributed by atoms with Crippen LogP contribution in [-0.4, -0.2) is 44.7 Å². The van der Waals surface area contributed by atoms with Gasteiger partial charge < -0.3 is 33.8 Å². The zero-order valence-electron chi connectivity index (χ0n) is 10.3. The van der Waals surface area contributed by atoms with E-state index in [4.69, 9.17) is 9.84 Å². The van der Waals surface area contributed by atoms with E-state index in [0.29, 0.717) is 0 Å². The molecule has 2 heterocycles. The van der Waals surface area contributed by atoms with Gasteiger partial charge in [0.25, 0.3) is 5.56 Å². The highest BCUT2D eigenvalue weighted by Crippen LogP contribution is 2.38. The number of nitrogens with one attached hydrogen (secondary N) is 1. The second-order valence-electron chi connectivity index (χ2n) is 4.27. The standard InChI is InChI=1S/C9H13N2O9P/c12-3-4-7(20-21(16,17)18)6(14)8(19-4)11-2-1-5(13)10-9(11)15/h1-2,4,6-8,12,14H,3H2,(H,10,13,15)(H2,16,17,18)/p-2/t4-,6-,7-,8-/m1/s1. The lowest BCUT2D eigenvalue weighted by atomic mass is 10.1. The Bertz CT molecular complexity index is 664. The Hall–Kier alpha value is -1.33. The zero-order chi connectivity index (χ0) is 15.8. The molecule has 0 amide bonds. The summed E-state index contributed by atoms with van der Waals surface area (Å²) < 4.78 is 20.7. The fourth-order valence-electron chi connectivity index (χ4n) is 2.00. The fourth-order valence-corrected chi connectivity index (χ4v) is 2.56. The van der Waals surface area contributed by atoms with E-state index in [1.165, 1.54) is 0 Å². The summed E-state index contributed by atoms with van der Waals surface area (Å²) in [6.45, 7) is -0.754. The van der Waals surface area contributed by atoms with E-state index in [2.05, 4.69) is 4.52 Å². The van der Waals surface area contributed by atoms with Gasteiger partial charge in [-0.15, -0.1) is 0 Å². The normalized spacial score (nSPS) is 29.7. The van der Waals surface area contributed by atoms with Gasteiger partial charge in [-0.25, -0.2) is 4.79 Å². The van der Waals surface area contributed by atoms with Crippen molar-refractivity contribution >= 4 is 7.82 Å². The average molecular weight is 322 g/mol. The molecule has 0 bridgehead atoms. The van der Waals surface area contributed by atoms with Crippen LogP contribution < -0.4 is 21.0 Å². The summed E-state index contributed by atoms with van der Waals surface area (Å²) in [5, 5.41) is 19.0. The first-order valence-electron chi connectivity index (χ1n) is 5.69. The third-order valence-corrected chi connectivity index (χ3v) is 3.37. The van der Waals surface area contributed by atoms with Crippen LogP contribution in [-0.2, 0) is 13.8 Å². The number of phosphoric acid groups is 1. The van der Waals surface area contributed by atoms with Gasteiger partial charge in [0.15, 0.2) is 6.23 Å². The van der Waals surface area contributed by atoms with E-state index in [1.54, 1.807) is 0 Å². The summed E-state index contributed by atoms with van der Waals surface area (Å²) in [6, 6.07) is 0.978. The Morgan fingerprint density at radius 2 is 2.14 bits per heavy atom. The molecule has 0 aromatic carbocycles. The molecule has 1 saturated heterocycles. The molecule has 12 heteroatoms. The highest BCUT2D eigenvalue weighted by atomic mass is 31.2. The van der Waals surface area contributed by atoms with Gasteiger partial charge in [0, 0.05) is 12.3 Å². The van der Waals surface area contributed by atoms with Gasteiger partial charge in [-0.2, -0.15) is 0 Å². The van der Waals surface area contributed by atoms with Gasteiger partial charge in [0.1, 0.15) is 18.3 Å². The lowest BCUT2D eigenvalue weighted by molar-refractivity contribution is -0.347. The number of rotatable bonds is 4. The van der Waals surface area contributed by atoms with Gasteiger partial charge in [-0.05, 0) is 0 Å². The van der Waals surface area contributed by atoms with Crippen molar-refractivity contribution in [2.45, 2.75) is 24.5 Å². The van der Waals surface area contributed by atoms with Crippen LogP contribution in [0.4, 0.5) is 0 Å². The van der Waals surface area contributed by atoms with Crippen LogP contribution in [0, 0.1) is 0 Å². The summed E-state index contributed by atoms with van der Waals surface area (Å²) in [6.07, 6.45) is -5.13. The number of H-pyrrole nitrogens is 1. The quantitative estimate of drug-likeness (QED) is 0.466. The first kappa shape index (κ1) is 16.0. The van der Waals surface area contributed by atoms with Crippen molar-refractivity contribution in [3.63, 3.8) is 0 Å². The van der Waals surface area contributed by atoms with Crippen LogP contribution in [0.5, 0.6) is 0 Å². The minimum atomic E-state index is -5.44. The molecule has 0 spiro atoms. The highest BCUT2D eigenvalue weighted by Gasteiger charge is 2.46. The van der Waals surface area contributed by atoms with E-state index in [0.717, 1.165) is 16.8 Å². The first-order valence-corrected chi connectivity index (χ1v) is 7.15. The Morgan fingerprint density at radius 3 is 2.67 bits per heavy atom. The van der Waals surface area contributed by atoms with Crippen LogP contribution in [0.1, 0.15) is 6.23 Å². The maximum atomic E-state index is 11.6. The largest absolute Gasteiger partial charge is 0.790 e. The molecule has 21 heavy (non-hydrogen) atoms. The van der Waals surface area contributed by atoms with Crippen molar-refractivity contribution in [1.29, 1.82) is 0 Å². The SMILES string of the molecule is O=c1ccn([C@@H]2O[C@H](CO)[C@@H](OP(=O)([O-])[O-])[C@H]2O)c(=O)[nH]1. The fraction of sp³-hybridized carbons (Fsp3) is 0.556. The first-order chi connectivity index (χ1) is 9.73. The molecule has 1 aromatic heterocycles. The number of hydrogen-bond acceptors (Lipinski definition) is 9. The maximum Gasteiger partial charge on any atom is 0.330 e. The predicted octanol–water partition coefficient (Wildman–Crippen LogP) is -4.00. The van der Waals surface area contributed by atoms with Crippen LogP contribution in [0.2, 0.25) is 0 Å². The number of nitrogens with zero attached hydrogens (tertiary/aromatic N) is 1. The number of phosphoric ester groups is 1. The van der Waals surface area contributed by atoms with Crippen molar-refractivity contribution in [3.05, 3.63) is 33.1 Å². The summed E-state index contributed by atoms with van der Waals surface area (Å²) in [7, 11) is -5.44. The van der Waals surface area contributed by atoms with Crippen LogP contribution in [0.25, 0.3) is 0 Å². The monoisotopic (exact) mass is 322 g/mol. The van der Waals surface area contributed by atoms with E-state index in [1.807, 2.05) is 4.98 Å². The molecule has 2 rings (SSSR count). The summed E-state index contributed by atoms with van der Waals surface area (Å²) in [4.78, 5) is 45.7. The van der Waals surface area contributed by atoms with Crippen molar-refractivity contribution < 1.29 is 33.8 Å². The van der Waals surface area contributed by atoms with Gasteiger partial charge in [0.05, 0.1) is 14.4 Å². The van der Waals surface area contributed by atoms with E-state index >= 15 is 0 Å². The third kappa shape index (κ3) is 3.47. The van der Waals surface area contributed by atoms with E-state index < -0.39 is 50.2 Å². The minimum absolute atomic E-state index is 0.682. The molecular formula is C9H11N2O9P-2. The third-order valence-electron chi connectivity index (χ3n) is 2.87. The summed E-state index contributed by atoms with van der Waals surface area (Å²) in [5.74, 6) is 0.